The maximum absolute atomic E-state index is 5.91. The predicted molar refractivity (Wildman–Crippen MR) is 74.3 cm³/mol. The highest BCUT2D eigenvalue weighted by Crippen LogP contribution is 2.19. The number of nitrogens with zero attached hydrogens (tertiary/aromatic N) is 4. The topological polar surface area (TPSA) is 52.3 Å². The van der Waals surface area contributed by atoms with Crippen molar-refractivity contribution >= 4 is 33.3 Å². The highest BCUT2D eigenvalue weighted by molar-refractivity contribution is 9.10. The number of aromatic nitrogens is 4. The molecular formula is C12H8BrClN4O. The van der Waals surface area contributed by atoms with E-state index in [-0.39, 0.29) is 0 Å². The van der Waals surface area contributed by atoms with Crippen molar-refractivity contribution in [2.75, 3.05) is 0 Å². The van der Waals surface area contributed by atoms with Crippen molar-refractivity contribution in [2.45, 2.75) is 6.61 Å². The molecule has 0 radical (unpaired) electrons. The Hall–Kier alpha value is -1.66. The quantitative estimate of drug-likeness (QED) is 0.688. The first-order valence-electron chi connectivity index (χ1n) is 5.46. The van der Waals surface area contributed by atoms with Gasteiger partial charge in [-0.1, -0.05) is 39.7 Å². The standard InChI is InChI=1S/C12H8BrClN4O/c13-9-3-1-2-8(4-9)6-19-11-5-10(14)17-12-15-7-16-18(11)12/h1-5,7H,6H2. The summed E-state index contributed by atoms with van der Waals surface area (Å²) in [6.45, 7) is 0.411. The van der Waals surface area contributed by atoms with E-state index in [2.05, 4.69) is 31.0 Å². The van der Waals surface area contributed by atoms with Crippen molar-refractivity contribution in [1.82, 2.24) is 19.6 Å². The van der Waals surface area contributed by atoms with E-state index in [1.54, 1.807) is 6.07 Å². The van der Waals surface area contributed by atoms with E-state index in [4.69, 9.17) is 16.3 Å². The van der Waals surface area contributed by atoms with E-state index in [9.17, 15) is 0 Å². The Morgan fingerprint density at radius 1 is 1.32 bits per heavy atom. The number of rotatable bonds is 3. The highest BCUT2D eigenvalue weighted by atomic mass is 79.9. The summed E-state index contributed by atoms with van der Waals surface area (Å²) >= 11 is 9.33. The molecule has 0 saturated carbocycles. The molecule has 5 nitrogen and oxygen atoms in total. The maximum atomic E-state index is 5.91. The zero-order valence-corrected chi connectivity index (χ0v) is 12.0. The van der Waals surface area contributed by atoms with E-state index < -0.39 is 0 Å². The molecule has 19 heavy (non-hydrogen) atoms. The SMILES string of the molecule is Clc1cc(OCc2cccc(Br)c2)n2ncnc2n1. The van der Waals surface area contributed by atoms with Crippen molar-refractivity contribution in [3.63, 3.8) is 0 Å². The van der Waals surface area contributed by atoms with Crippen LogP contribution in [0.25, 0.3) is 5.78 Å². The Morgan fingerprint density at radius 3 is 3.05 bits per heavy atom. The lowest BCUT2D eigenvalue weighted by molar-refractivity contribution is 0.285. The first-order chi connectivity index (χ1) is 9.22. The second-order valence-electron chi connectivity index (χ2n) is 3.81. The molecule has 1 aromatic carbocycles. The number of fused-ring (bicyclic) bond motifs is 1. The average molecular weight is 340 g/mol. The van der Waals surface area contributed by atoms with Crippen LogP contribution in [0.2, 0.25) is 5.15 Å². The van der Waals surface area contributed by atoms with E-state index in [1.807, 2.05) is 24.3 Å². The molecule has 0 bridgehead atoms. The fourth-order valence-corrected chi connectivity index (χ4v) is 2.26. The van der Waals surface area contributed by atoms with Crippen molar-refractivity contribution in [2.24, 2.45) is 0 Å². The summed E-state index contributed by atoms with van der Waals surface area (Å²) in [5.74, 6) is 0.921. The van der Waals surface area contributed by atoms with Gasteiger partial charge in [0.1, 0.15) is 18.1 Å². The lowest BCUT2D eigenvalue weighted by Crippen LogP contribution is -2.02. The van der Waals surface area contributed by atoms with Gasteiger partial charge in [-0.15, -0.1) is 0 Å². The highest BCUT2D eigenvalue weighted by Gasteiger charge is 2.07. The minimum atomic E-state index is 0.324. The van der Waals surface area contributed by atoms with E-state index in [1.165, 1.54) is 10.8 Å². The Morgan fingerprint density at radius 2 is 2.21 bits per heavy atom. The van der Waals surface area contributed by atoms with E-state index in [0.29, 0.717) is 23.4 Å². The molecule has 0 unspecified atom stereocenters. The van der Waals surface area contributed by atoms with Crippen LogP contribution in [-0.2, 0) is 6.61 Å². The molecule has 2 aromatic heterocycles. The van der Waals surface area contributed by atoms with Gasteiger partial charge in [0.05, 0.1) is 0 Å². The number of benzene rings is 1. The molecule has 0 spiro atoms. The molecular weight excluding hydrogens is 332 g/mol. The van der Waals surface area contributed by atoms with Crippen LogP contribution in [0.4, 0.5) is 0 Å². The van der Waals surface area contributed by atoms with Crippen molar-refractivity contribution < 1.29 is 4.74 Å². The molecule has 0 aliphatic rings. The summed E-state index contributed by atoms with van der Waals surface area (Å²) in [7, 11) is 0. The van der Waals surface area contributed by atoms with E-state index >= 15 is 0 Å². The van der Waals surface area contributed by atoms with Crippen LogP contribution in [0, 0.1) is 0 Å². The fraction of sp³-hybridized carbons (Fsp3) is 0.0833. The second kappa shape index (κ2) is 5.14. The van der Waals surface area contributed by atoms with Crippen molar-refractivity contribution in [1.29, 1.82) is 0 Å². The smallest absolute Gasteiger partial charge is 0.256 e. The lowest BCUT2D eigenvalue weighted by atomic mass is 10.2. The summed E-state index contributed by atoms with van der Waals surface area (Å²) in [6.07, 6.45) is 1.41. The number of halogens is 2. The van der Waals surface area contributed by atoms with Gasteiger partial charge >= 0.3 is 0 Å². The summed E-state index contributed by atoms with van der Waals surface area (Å²) in [5.41, 5.74) is 1.04. The fourth-order valence-electron chi connectivity index (χ4n) is 1.64. The van der Waals surface area contributed by atoms with Crippen LogP contribution in [0.1, 0.15) is 5.56 Å². The summed E-state index contributed by atoms with van der Waals surface area (Å²) in [6, 6.07) is 9.49. The van der Waals surface area contributed by atoms with Gasteiger partial charge in [-0.2, -0.15) is 19.6 Å². The third-order valence-electron chi connectivity index (χ3n) is 2.46. The molecule has 0 aliphatic heterocycles. The van der Waals surface area contributed by atoms with Crippen LogP contribution >= 0.6 is 27.5 Å². The molecule has 7 heteroatoms. The van der Waals surface area contributed by atoms with Crippen LogP contribution in [0.3, 0.4) is 0 Å². The van der Waals surface area contributed by atoms with Gasteiger partial charge in [-0.05, 0) is 17.7 Å². The van der Waals surface area contributed by atoms with Gasteiger partial charge in [0.15, 0.2) is 0 Å². The zero-order chi connectivity index (χ0) is 13.2. The third kappa shape index (κ3) is 2.69. The van der Waals surface area contributed by atoms with Crippen LogP contribution in [-0.4, -0.2) is 19.6 Å². The Labute approximate surface area is 122 Å². The summed E-state index contributed by atoms with van der Waals surface area (Å²) in [5, 5.41) is 4.36. The zero-order valence-electron chi connectivity index (χ0n) is 9.62. The van der Waals surface area contributed by atoms with E-state index in [0.717, 1.165) is 10.0 Å². The summed E-state index contributed by atoms with van der Waals surface area (Å²) < 4.78 is 8.23. The molecule has 0 amide bonds. The maximum Gasteiger partial charge on any atom is 0.256 e. The van der Waals surface area contributed by atoms with Crippen molar-refractivity contribution in [3.8, 4) is 5.88 Å². The number of ether oxygens (including phenoxy) is 1. The van der Waals surface area contributed by atoms with Gasteiger partial charge in [0.25, 0.3) is 5.78 Å². The minimum absolute atomic E-state index is 0.324. The van der Waals surface area contributed by atoms with Gasteiger partial charge in [0.2, 0.25) is 5.88 Å². The lowest BCUT2D eigenvalue weighted by Gasteiger charge is -2.07. The van der Waals surface area contributed by atoms with Crippen molar-refractivity contribution in [3.05, 3.63) is 51.8 Å². The van der Waals surface area contributed by atoms with Gasteiger partial charge in [0, 0.05) is 10.5 Å². The molecule has 0 saturated heterocycles. The largest absolute Gasteiger partial charge is 0.473 e. The molecule has 0 atom stereocenters. The van der Waals surface area contributed by atoms with Crippen LogP contribution in [0.5, 0.6) is 5.88 Å². The number of hydrogen-bond acceptors (Lipinski definition) is 4. The van der Waals surface area contributed by atoms with Crippen LogP contribution < -0.4 is 4.74 Å². The van der Waals surface area contributed by atoms with Gasteiger partial charge in [-0.25, -0.2) is 0 Å². The predicted octanol–water partition coefficient (Wildman–Crippen LogP) is 3.12. The Kier molecular flexibility index (Phi) is 3.35. The minimum Gasteiger partial charge on any atom is -0.473 e. The first kappa shape index (κ1) is 12.4. The third-order valence-corrected chi connectivity index (χ3v) is 3.15. The first-order valence-corrected chi connectivity index (χ1v) is 6.63. The average Bonchev–Trinajstić information content (AvgIpc) is 2.84. The molecule has 0 N–H and O–H groups in total. The molecule has 3 rings (SSSR count). The normalized spacial score (nSPS) is 10.8. The Bertz CT molecular complexity index is 731. The van der Waals surface area contributed by atoms with Gasteiger partial charge < -0.3 is 4.74 Å². The molecule has 0 aliphatic carbocycles. The molecule has 0 fully saturated rings. The molecule has 96 valence electrons. The number of hydrogen-bond donors (Lipinski definition) is 0. The monoisotopic (exact) mass is 338 g/mol. The second-order valence-corrected chi connectivity index (χ2v) is 5.11. The van der Waals surface area contributed by atoms with Gasteiger partial charge in [-0.3, -0.25) is 0 Å². The Balaban J connectivity index is 1.87. The molecule has 2 heterocycles. The van der Waals surface area contributed by atoms with Crippen LogP contribution in [0.15, 0.2) is 41.1 Å². The molecule has 3 aromatic rings. The summed E-state index contributed by atoms with van der Waals surface area (Å²) in [4.78, 5) is 8.01.